The molecule has 5 nitrogen and oxygen atoms in total. The van der Waals surface area contributed by atoms with E-state index in [0.29, 0.717) is 17.8 Å². The number of amides is 2. The molecule has 1 aromatic rings. The number of carbonyl (C=O) groups is 2. The molecule has 0 spiro atoms. The van der Waals surface area contributed by atoms with Gasteiger partial charge < -0.3 is 5.73 Å². The van der Waals surface area contributed by atoms with Crippen LogP contribution in [0.1, 0.15) is 33.6 Å². The zero-order valence-electron chi connectivity index (χ0n) is 10.7. The molecule has 0 aliphatic carbocycles. The van der Waals surface area contributed by atoms with E-state index < -0.39 is 0 Å². The number of nitrogens with zero attached hydrogens (tertiary/aromatic N) is 2. The summed E-state index contributed by atoms with van der Waals surface area (Å²) >= 11 is 0. The van der Waals surface area contributed by atoms with E-state index >= 15 is 0 Å². The van der Waals surface area contributed by atoms with E-state index in [0.717, 1.165) is 25.9 Å². The first-order valence-electron chi connectivity index (χ1n) is 6.60. The molecule has 2 aliphatic heterocycles. The Morgan fingerprint density at radius 2 is 1.79 bits per heavy atom. The Labute approximate surface area is 112 Å². The van der Waals surface area contributed by atoms with Crippen molar-refractivity contribution in [2.75, 3.05) is 19.8 Å². The highest BCUT2D eigenvalue weighted by molar-refractivity contribution is 6.21. The second kappa shape index (κ2) is 4.75. The molecule has 2 N–H and O–H groups in total. The number of piperidine rings is 1. The van der Waals surface area contributed by atoms with Gasteiger partial charge in [0.25, 0.3) is 11.8 Å². The van der Waals surface area contributed by atoms with E-state index in [1.807, 2.05) is 0 Å². The molecule has 0 aromatic heterocycles. The molecular weight excluding hydrogens is 242 g/mol. The van der Waals surface area contributed by atoms with E-state index in [2.05, 4.69) is 4.90 Å². The first-order valence-corrected chi connectivity index (χ1v) is 6.60. The Bertz CT molecular complexity index is 494. The van der Waals surface area contributed by atoms with Crippen LogP contribution in [0, 0.1) is 0 Å². The largest absolute Gasteiger partial charge is 0.327 e. The second-order valence-corrected chi connectivity index (χ2v) is 5.20. The molecule has 1 saturated heterocycles. The van der Waals surface area contributed by atoms with Crippen molar-refractivity contribution < 1.29 is 9.59 Å². The van der Waals surface area contributed by atoms with Gasteiger partial charge in [-0.3, -0.25) is 19.4 Å². The van der Waals surface area contributed by atoms with E-state index in [9.17, 15) is 9.59 Å². The lowest BCUT2D eigenvalue weighted by Gasteiger charge is -2.32. The summed E-state index contributed by atoms with van der Waals surface area (Å²) in [5.41, 5.74) is 6.94. The molecule has 0 radical (unpaired) electrons. The van der Waals surface area contributed by atoms with Crippen molar-refractivity contribution in [3.05, 3.63) is 35.4 Å². The molecule has 0 saturated carbocycles. The van der Waals surface area contributed by atoms with Gasteiger partial charge in [0.15, 0.2) is 0 Å². The molecule has 0 bridgehead atoms. The van der Waals surface area contributed by atoms with Gasteiger partial charge in [0.1, 0.15) is 0 Å². The third-order valence-corrected chi connectivity index (χ3v) is 3.76. The highest BCUT2D eigenvalue weighted by Crippen LogP contribution is 2.23. The summed E-state index contributed by atoms with van der Waals surface area (Å²) in [6.45, 7) is 1.98. The molecule has 100 valence electrons. The molecule has 0 unspecified atom stereocenters. The topological polar surface area (TPSA) is 66.6 Å². The predicted molar refractivity (Wildman–Crippen MR) is 70.6 cm³/mol. The van der Waals surface area contributed by atoms with E-state index in [-0.39, 0.29) is 17.9 Å². The normalized spacial score (nSPS) is 23.8. The van der Waals surface area contributed by atoms with Crippen LogP contribution in [0.25, 0.3) is 0 Å². The summed E-state index contributed by atoms with van der Waals surface area (Å²) in [6, 6.07) is 7.12. The lowest BCUT2D eigenvalue weighted by atomic mass is 10.1. The van der Waals surface area contributed by atoms with E-state index in [4.69, 9.17) is 5.73 Å². The third kappa shape index (κ3) is 2.15. The van der Waals surface area contributed by atoms with Crippen LogP contribution >= 0.6 is 0 Å². The van der Waals surface area contributed by atoms with Gasteiger partial charge in [-0.15, -0.1) is 0 Å². The average molecular weight is 259 g/mol. The molecular formula is C14H17N3O2. The highest BCUT2D eigenvalue weighted by atomic mass is 16.2. The molecule has 5 heteroatoms. The molecule has 2 aliphatic rings. The fourth-order valence-electron chi connectivity index (χ4n) is 2.79. The lowest BCUT2D eigenvalue weighted by molar-refractivity contribution is 0.0508. The van der Waals surface area contributed by atoms with Gasteiger partial charge in [-0.2, -0.15) is 0 Å². The minimum atomic E-state index is -0.195. The highest BCUT2D eigenvalue weighted by Gasteiger charge is 2.36. The van der Waals surface area contributed by atoms with E-state index in [1.165, 1.54) is 4.90 Å². The minimum absolute atomic E-state index is 0.143. The van der Waals surface area contributed by atoms with Crippen molar-refractivity contribution in [1.82, 2.24) is 9.80 Å². The maximum atomic E-state index is 12.2. The van der Waals surface area contributed by atoms with Crippen LogP contribution in [0.4, 0.5) is 0 Å². The summed E-state index contributed by atoms with van der Waals surface area (Å²) in [6.07, 6.45) is 2.03. The van der Waals surface area contributed by atoms with Crippen LogP contribution in [0.3, 0.4) is 0 Å². The van der Waals surface area contributed by atoms with Crippen LogP contribution in [0.2, 0.25) is 0 Å². The number of carbonyl (C=O) groups excluding carboxylic acids is 2. The number of benzene rings is 1. The second-order valence-electron chi connectivity index (χ2n) is 5.20. The van der Waals surface area contributed by atoms with Crippen molar-refractivity contribution in [2.45, 2.75) is 18.9 Å². The van der Waals surface area contributed by atoms with Gasteiger partial charge in [0.05, 0.1) is 17.8 Å². The van der Waals surface area contributed by atoms with Crippen LogP contribution in [0.5, 0.6) is 0 Å². The zero-order chi connectivity index (χ0) is 13.4. The van der Waals surface area contributed by atoms with Crippen molar-refractivity contribution >= 4 is 11.8 Å². The molecule has 1 fully saturated rings. The molecule has 19 heavy (non-hydrogen) atoms. The first-order chi connectivity index (χ1) is 9.16. The van der Waals surface area contributed by atoms with E-state index in [1.54, 1.807) is 24.3 Å². The average Bonchev–Trinajstić information content (AvgIpc) is 2.65. The summed E-state index contributed by atoms with van der Waals surface area (Å²) in [4.78, 5) is 27.8. The molecule has 1 atom stereocenters. The number of hydrogen-bond donors (Lipinski definition) is 1. The molecule has 2 amide bonds. The number of likely N-dealkylation sites (tertiary alicyclic amines) is 1. The van der Waals surface area contributed by atoms with Crippen molar-refractivity contribution in [2.24, 2.45) is 5.73 Å². The Balaban J connectivity index is 1.77. The van der Waals surface area contributed by atoms with Crippen LogP contribution < -0.4 is 5.73 Å². The third-order valence-electron chi connectivity index (χ3n) is 3.76. The number of nitrogens with two attached hydrogens (primary N) is 1. The smallest absolute Gasteiger partial charge is 0.262 e. The maximum Gasteiger partial charge on any atom is 0.262 e. The fourth-order valence-corrected chi connectivity index (χ4v) is 2.79. The minimum Gasteiger partial charge on any atom is -0.327 e. The Morgan fingerprint density at radius 1 is 1.16 bits per heavy atom. The zero-order valence-corrected chi connectivity index (χ0v) is 10.7. The summed E-state index contributed by atoms with van der Waals surface area (Å²) in [5.74, 6) is -0.389. The van der Waals surface area contributed by atoms with Gasteiger partial charge >= 0.3 is 0 Å². The van der Waals surface area contributed by atoms with Crippen LogP contribution in [0.15, 0.2) is 24.3 Å². The van der Waals surface area contributed by atoms with Crippen molar-refractivity contribution in [3.63, 3.8) is 0 Å². The van der Waals surface area contributed by atoms with Gasteiger partial charge in [-0.05, 0) is 31.5 Å². The Kier molecular flexibility index (Phi) is 3.08. The van der Waals surface area contributed by atoms with Gasteiger partial charge in [-0.25, -0.2) is 0 Å². The van der Waals surface area contributed by atoms with Crippen LogP contribution in [-0.2, 0) is 0 Å². The summed E-state index contributed by atoms with van der Waals surface area (Å²) < 4.78 is 0. The quantitative estimate of drug-likeness (QED) is 0.792. The van der Waals surface area contributed by atoms with Gasteiger partial charge in [-0.1, -0.05) is 12.1 Å². The number of rotatable bonds is 2. The molecule has 2 heterocycles. The van der Waals surface area contributed by atoms with Crippen molar-refractivity contribution in [3.8, 4) is 0 Å². The van der Waals surface area contributed by atoms with Gasteiger partial charge in [0, 0.05) is 12.6 Å². The first kappa shape index (κ1) is 12.3. The molecule has 1 aromatic carbocycles. The predicted octanol–water partition coefficient (Wildman–Crippen LogP) is 0.663. The van der Waals surface area contributed by atoms with Gasteiger partial charge in [0.2, 0.25) is 0 Å². The van der Waals surface area contributed by atoms with Crippen molar-refractivity contribution in [1.29, 1.82) is 0 Å². The number of hydrogen-bond acceptors (Lipinski definition) is 4. The summed E-state index contributed by atoms with van der Waals surface area (Å²) in [5, 5.41) is 0. The fraction of sp³-hybridized carbons (Fsp3) is 0.429. The number of imide groups is 1. The maximum absolute atomic E-state index is 12.2. The Hall–Kier alpha value is -1.72. The lowest BCUT2D eigenvalue weighted by Crippen LogP contribution is -2.48. The Morgan fingerprint density at radius 3 is 2.37 bits per heavy atom. The monoisotopic (exact) mass is 259 g/mol. The number of fused-ring (bicyclic) bond motifs is 1. The molecule has 3 rings (SSSR count). The SMILES string of the molecule is N[C@@H]1CCCN(CN2C(=O)c3ccccc3C2=O)C1. The van der Waals surface area contributed by atoms with Crippen LogP contribution in [-0.4, -0.2) is 47.4 Å². The standard InChI is InChI=1S/C14H17N3O2/c15-10-4-3-7-16(8-10)9-17-13(18)11-5-1-2-6-12(11)14(17)19/h1-2,5-6,10H,3-4,7-9,15H2/t10-/m1/s1. The summed E-state index contributed by atoms with van der Waals surface area (Å²) in [7, 11) is 0.